The molecular formula is C13H24ClN. The van der Waals surface area contributed by atoms with E-state index in [1.165, 1.54) is 51.4 Å². The van der Waals surface area contributed by atoms with Gasteiger partial charge in [0.2, 0.25) is 0 Å². The molecule has 0 aromatic carbocycles. The molecule has 88 valence electrons. The summed E-state index contributed by atoms with van der Waals surface area (Å²) in [4.78, 5) is 0. The molecule has 2 aliphatic carbocycles. The van der Waals surface area contributed by atoms with Crippen LogP contribution in [0.3, 0.4) is 0 Å². The van der Waals surface area contributed by atoms with Crippen LogP contribution in [0.5, 0.6) is 0 Å². The first-order valence-corrected chi connectivity index (χ1v) is 7.11. The highest BCUT2D eigenvalue weighted by Crippen LogP contribution is 2.35. The molecule has 0 spiro atoms. The van der Waals surface area contributed by atoms with Crippen LogP contribution in [-0.4, -0.2) is 17.5 Å². The maximum Gasteiger partial charge on any atom is 0.0406 e. The quantitative estimate of drug-likeness (QED) is 0.728. The third-order valence-electron chi connectivity index (χ3n) is 4.21. The van der Waals surface area contributed by atoms with Crippen molar-refractivity contribution in [1.82, 2.24) is 5.32 Å². The molecule has 0 saturated heterocycles. The largest absolute Gasteiger partial charge is 0.307 e. The van der Waals surface area contributed by atoms with Gasteiger partial charge in [-0.25, -0.2) is 0 Å². The van der Waals surface area contributed by atoms with Crippen LogP contribution in [0.1, 0.15) is 58.3 Å². The van der Waals surface area contributed by atoms with Gasteiger partial charge in [0.25, 0.3) is 0 Å². The lowest BCUT2D eigenvalue weighted by Crippen LogP contribution is -2.53. The molecular weight excluding hydrogens is 206 g/mol. The maximum absolute atomic E-state index is 6.22. The highest BCUT2D eigenvalue weighted by Gasteiger charge is 2.36. The molecule has 2 rings (SSSR count). The molecule has 2 unspecified atom stereocenters. The van der Waals surface area contributed by atoms with E-state index in [4.69, 9.17) is 11.6 Å². The predicted octanol–water partition coefficient (Wildman–Crippen LogP) is 3.71. The van der Waals surface area contributed by atoms with Crippen molar-refractivity contribution in [3.63, 3.8) is 0 Å². The van der Waals surface area contributed by atoms with Gasteiger partial charge in [-0.1, -0.05) is 32.6 Å². The number of halogens is 1. The number of alkyl halides is 1. The summed E-state index contributed by atoms with van der Waals surface area (Å²) in [6.45, 7) is 2.37. The summed E-state index contributed by atoms with van der Waals surface area (Å²) in [6, 6.07) is 0.758. The lowest BCUT2D eigenvalue weighted by molar-refractivity contribution is 0.190. The predicted molar refractivity (Wildman–Crippen MR) is 66.5 cm³/mol. The fraction of sp³-hybridized carbons (Fsp3) is 1.00. The Balaban J connectivity index is 1.93. The minimum Gasteiger partial charge on any atom is -0.307 e. The van der Waals surface area contributed by atoms with Crippen molar-refractivity contribution in [1.29, 1.82) is 0 Å². The molecule has 0 aromatic heterocycles. The van der Waals surface area contributed by atoms with E-state index in [9.17, 15) is 0 Å². The lowest BCUT2D eigenvalue weighted by Gasteiger charge is -2.41. The van der Waals surface area contributed by atoms with Crippen LogP contribution in [0.4, 0.5) is 0 Å². The third-order valence-corrected chi connectivity index (χ3v) is 4.72. The van der Waals surface area contributed by atoms with Crippen molar-refractivity contribution in [3.05, 3.63) is 0 Å². The van der Waals surface area contributed by atoms with Gasteiger partial charge >= 0.3 is 0 Å². The number of hydrogen-bond acceptors (Lipinski definition) is 1. The minimum atomic E-state index is 0.272. The van der Waals surface area contributed by atoms with Gasteiger partial charge in [-0.3, -0.25) is 0 Å². The van der Waals surface area contributed by atoms with Crippen LogP contribution in [0, 0.1) is 5.92 Å². The van der Waals surface area contributed by atoms with Crippen LogP contribution >= 0.6 is 11.6 Å². The molecule has 2 atom stereocenters. The molecule has 2 heteroatoms. The van der Waals surface area contributed by atoms with Gasteiger partial charge in [-0.15, -0.1) is 11.6 Å². The summed E-state index contributed by atoms with van der Waals surface area (Å²) in [6.07, 6.45) is 10.9. The van der Waals surface area contributed by atoms with Crippen LogP contribution in [0.2, 0.25) is 0 Å². The zero-order valence-corrected chi connectivity index (χ0v) is 10.7. The van der Waals surface area contributed by atoms with Crippen LogP contribution in [-0.2, 0) is 0 Å². The third kappa shape index (κ3) is 2.88. The molecule has 15 heavy (non-hydrogen) atoms. The number of hydrogen-bond donors (Lipinski definition) is 1. The van der Waals surface area contributed by atoms with Crippen molar-refractivity contribution in [3.8, 4) is 0 Å². The first kappa shape index (κ1) is 11.7. The summed E-state index contributed by atoms with van der Waals surface area (Å²) in [5, 5.41) is 3.88. The summed E-state index contributed by atoms with van der Waals surface area (Å²) in [5.74, 6) is 1.65. The molecule has 0 aromatic rings. The van der Waals surface area contributed by atoms with Gasteiger partial charge < -0.3 is 5.32 Å². The van der Waals surface area contributed by atoms with E-state index < -0.39 is 0 Å². The monoisotopic (exact) mass is 229 g/mol. The molecule has 2 aliphatic rings. The van der Waals surface area contributed by atoms with E-state index in [2.05, 4.69) is 12.2 Å². The zero-order chi connectivity index (χ0) is 10.7. The van der Waals surface area contributed by atoms with Gasteiger partial charge in [0.05, 0.1) is 0 Å². The van der Waals surface area contributed by atoms with Gasteiger partial charge in [0, 0.05) is 17.5 Å². The second-order valence-corrected chi connectivity index (χ2v) is 6.01. The standard InChI is InChI=1S/C13H24ClN/c1-11-5-4-8-13(9-11,10-14)15-12-6-2-3-7-12/h11-12,15H,2-10H2,1H3. The number of rotatable bonds is 3. The van der Waals surface area contributed by atoms with Gasteiger partial charge in [-0.2, -0.15) is 0 Å². The highest BCUT2D eigenvalue weighted by molar-refractivity contribution is 6.18. The molecule has 0 radical (unpaired) electrons. The van der Waals surface area contributed by atoms with E-state index in [0.717, 1.165) is 17.8 Å². The lowest BCUT2D eigenvalue weighted by atomic mass is 9.77. The van der Waals surface area contributed by atoms with E-state index in [1.54, 1.807) is 0 Å². The van der Waals surface area contributed by atoms with Crippen molar-refractivity contribution < 1.29 is 0 Å². The summed E-state index contributed by atoms with van der Waals surface area (Å²) in [5.41, 5.74) is 0.272. The highest BCUT2D eigenvalue weighted by atomic mass is 35.5. The molecule has 0 bridgehead atoms. The average molecular weight is 230 g/mol. The van der Waals surface area contributed by atoms with Gasteiger partial charge in [-0.05, 0) is 31.6 Å². The Bertz CT molecular complexity index is 201. The molecule has 0 heterocycles. The minimum absolute atomic E-state index is 0.272. The number of nitrogens with one attached hydrogen (secondary N) is 1. The summed E-state index contributed by atoms with van der Waals surface area (Å²) < 4.78 is 0. The molecule has 1 N–H and O–H groups in total. The SMILES string of the molecule is CC1CCCC(CCl)(NC2CCCC2)C1. The smallest absolute Gasteiger partial charge is 0.0406 e. The van der Waals surface area contributed by atoms with E-state index in [-0.39, 0.29) is 5.54 Å². The molecule has 2 saturated carbocycles. The molecule has 0 aliphatic heterocycles. The molecule has 0 amide bonds. The fourth-order valence-electron chi connectivity index (χ4n) is 3.45. The summed E-state index contributed by atoms with van der Waals surface area (Å²) in [7, 11) is 0. The zero-order valence-electron chi connectivity index (χ0n) is 9.90. The van der Waals surface area contributed by atoms with E-state index in [0.29, 0.717) is 0 Å². The van der Waals surface area contributed by atoms with E-state index in [1.807, 2.05) is 0 Å². The Kier molecular flexibility index (Phi) is 3.95. The van der Waals surface area contributed by atoms with Crippen LogP contribution in [0.15, 0.2) is 0 Å². The second kappa shape index (κ2) is 5.05. The first-order chi connectivity index (χ1) is 7.24. The van der Waals surface area contributed by atoms with Crippen molar-refractivity contribution in [2.24, 2.45) is 5.92 Å². The topological polar surface area (TPSA) is 12.0 Å². The Morgan fingerprint density at radius 2 is 1.93 bits per heavy atom. The molecule has 2 fully saturated rings. The van der Waals surface area contributed by atoms with Crippen molar-refractivity contribution in [2.45, 2.75) is 69.9 Å². The normalized spacial score (nSPS) is 38.4. The maximum atomic E-state index is 6.22. The van der Waals surface area contributed by atoms with Gasteiger partial charge in [0.1, 0.15) is 0 Å². The molecule has 1 nitrogen and oxygen atoms in total. The first-order valence-electron chi connectivity index (χ1n) is 6.58. The van der Waals surface area contributed by atoms with Gasteiger partial charge in [0.15, 0.2) is 0 Å². The Morgan fingerprint density at radius 1 is 1.20 bits per heavy atom. The van der Waals surface area contributed by atoms with Crippen molar-refractivity contribution >= 4 is 11.6 Å². The van der Waals surface area contributed by atoms with E-state index >= 15 is 0 Å². The Hall–Kier alpha value is 0.250. The van der Waals surface area contributed by atoms with Crippen LogP contribution < -0.4 is 5.32 Å². The Labute approximate surface area is 99.0 Å². The average Bonchev–Trinajstić information content (AvgIpc) is 2.70. The second-order valence-electron chi connectivity index (χ2n) is 5.74. The fourth-order valence-corrected chi connectivity index (χ4v) is 3.77. The van der Waals surface area contributed by atoms with Crippen molar-refractivity contribution in [2.75, 3.05) is 5.88 Å². The van der Waals surface area contributed by atoms with Crippen LogP contribution in [0.25, 0.3) is 0 Å². The summed E-state index contributed by atoms with van der Waals surface area (Å²) >= 11 is 6.22. The Morgan fingerprint density at radius 3 is 2.53 bits per heavy atom.